The molecule has 1 aromatic carbocycles. The third kappa shape index (κ3) is 3.54. The van der Waals surface area contributed by atoms with Crippen LogP contribution in [-0.2, 0) is 5.75 Å². The monoisotopic (exact) mass is 277 g/mol. The predicted octanol–water partition coefficient (Wildman–Crippen LogP) is 3.52. The van der Waals surface area contributed by atoms with Crippen molar-refractivity contribution in [3.63, 3.8) is 0 Å². The summed E-state index contributed by atoms with van der Waals surface area (Å²) in [7, 11) is 0. The fourth-order valence-electron chi connectivity index (χ4n) is 1.65. The van der Waals surface area contributed by atoms with E-state index in [0.717, 1.165) is 23.4 Å². The molecule has 5 heteroatoms. The van der Waals surface area contributed by atoms with Gasteiger partial charge in [-0.2, -0.15) is 0 Å². The largest absolute Gasteiger partial charge is 0.478 e. The third-order valence-electron chi connectivity index (χ3n) is 2.51. The normalized spacial score (nSPS) is 10.4. The van der Waals surface area contributed by atoms with Gasteiger partial charge in [-0.15, -0.1) is 11.8 Å². The van der Waals surface area contributed by atoms with E-state index in [9.17, 15) is 9.18 Å². The maximum atomic E-state index is 13.0. The van der Waals surface area contributed by atoms with E-state index in [-0.39, 0.29) is 5.56 Å². The number of aromatic carboxylic acids is 1. The van der Waals surface area contributed by atoms with Crippen molar-refractivity contribution >= 4 is 17.7 Å². The van der Waals surface area contributed by atoms with Crippen molar-refractivity contribution in [2.24, 2.45) is 0 Å². The molecule has 0 fully saturated rings. The molecule has 98 valence electrons. The molecule has 0 saturated carbocycles. The highest BCUT2D eigenvalue weighted by Gasteiger charge is 2.13. The van der Waals surface area contributed by atoms with Crippen molar-refractivity contribution in [2.45, 2.75) is 17.7 Å². The first-order chi connectivity index (χ1) is 9.06. The van der Waals surface area contributed by atoms with Crippen LogP contribution < -0.4 is 0 Å². The summed E-state index contributed by atoms with van der Waals surface area (Å²) in [6, 6.07) is 8.92. The Morgan fingerprint density at radius 3 is 2.89 bits per heavy atom. The van der Waals surface area contributed by atoms with E-state index in [2.05, 4.69) is 4.98 Å². The number of rotatable bonds is 4. The van der Waals surface area contributed by atoms with Crippen LogP contribution in [0.1, 0.15) is 21.5 Å². The quantitative estimate of drug-likeness (QED) is 0.869. The standard InChI is InChI=1S/C14H12FNO2S/c1-9-3-2-4-10(5-9)8-19-13-12(14(17)18)6-11(15)7-16-13/h2-7H,8H2,1H3,(H,17,18). The van der Waals surface area contributed by atoms with Crippen molar-refractivity contribution in [2.75, 3.05) is 0 Å². The highest BCUT2D eigenvalue weighted by atomic mass is 32.2. The highest BCUT2D eigenvalue weighted by molar-refractivity contribution is 7.98. The molecule has 1 N–H and O–H groups in total. The van der Waals surface area contributed by atoms with Crippen molar-refractivity contribution in [3.8, 4) is 0 Å². The Kier molecular flexibility index (Phi) is 4.16. The highest BCUT2D eigenvalue weighted by Crippen LogP contribution is 2.25. The molecular weight excluding hydrogens is 265 g/mol. The number of carbonyl (C=O) groups is 1. The number of nitrogens with zero attached hydrogens (tertiary/aromatic N) is 1. The van der Waals surface area contributed by atoms with E-state index >= 15 is 0 Å². The lowest BCUT2D eigenvalue weighted by molar-refractivity contribution is 0.0691. The maximum Gasteiger partial charge on any atom is 0.338 e. The summed E-state index contributed by atoms with van der Waals surface area (Å²) in [5, 5.41) is 9.34. The van der Waals surface area contributed by atoms with Gasteiger partial charge in [0.05, 0.1) is 11.8 Å². The second-order valence-corrected chi connectivity index (χ2v) is 5.05. The van der Waals surface area contributed by atoms with Gasteiger partial charge in [0, 0.05) is 5.75 Å². The van der Waals surface area contributed by atoms with E-state index in [1.807, 2.05) is 31.2 Å². The molecule has 0 radical (unpaired) electrons. The van der Waals surface area contributed by atoms with Crippen molar-refractivity contribution in [1.82, 2.24) is 4.98 Å². The van der Waals surface area contributed by atoms with Crippen LogP contribution in [0.5, 0.6) is 0 Å². The summed E-state index contributed by atoms with van der Waals surface area (Å²) in [6.45, 7) is 1.99. The molecule has 2 aromatic rings. The summed E-state index contributed by atoms with van der Waals surface area (Å²) in [5.41, 5.74) is 2.12. The average Bonchev–Trinajstić information content (AvgIpc) is 2.37. The van der Waals surface area contributed by atoms with E-state index in [4.69, 9.17) is 5.11 Å². The van der Waals surface area contributed by atoms with Crippen LogP contribution in [0.3, 0.4) is 0 Å². The Morgan fingerprint density at radius 1 is 1.42 bits per heavy atom. The number of aryl methyl sites for hydroxylation is 1. The molecule has 0 aliphatic rings. The van der Waals surface area contributed by atoms with Gasteiger partial charge < -0.3 is 5.11 Å². The molecule has 0 amide bonds. The number of halogens is 1. The molecule has 0 spiro atoms. The van der Waals surface area contributed by atoms with Gasteiger partial charge in [0.2, 0.25) is 0 Å². The summed E-state index contributed by atoms with van der Waals surface area (Å²) in [6.07, 6.45) is 1.03. The zero-order valence-electron chi connectivity index (χ0n) is 10.3. The summed E-state index contributed by atoms with van der Waals surface area (Å²) in [4.78, 5) is 14.9. The molecule has 0 saturated heterocycles. The van der Waals surface area contributed by atoms with E-state index in [1.54, 1.807) is 0 Å². The molecule has 0 unspecified atom stereocenters. The maximum absolute atomic E-state index is 13.0. The third-order valence-corrected chi connectivity index (χ3v) is 3.58. The van der Waals surface area contributed by atoms with E-state index in [0.29, 0.717) is 10.8 Å². The predicted molar refractivity (Wildman–Crippen MR) is 71.9 cm³/mol. The van der Waals surface area contributed by atoms with Gasteiger partial charge in [0.25, 0.3) is 0 Å². The second-order valence-electron chi connectivity index (χ2n) is 4.09. The fourth-order valence-corrected chi connectivity index (χ4v) is 2.56. The Labute approximate surface area is 114 Å². The molecule has 19 heavy (non-hydrogen) atoms. The molecule has 0 aliphatic heterocycles. The van der Waals surface area contributed by atoms with Crippen molar-refractivity contribution in [3.05, 3.63) is 59.0 Å². The summed E-state index contributed by atoms with van der Waals surface area (Å²) < 4.78 is 13.0. The van der Waals surface area contributed by atoms with Gasteiger partial charge in [0.15, 0.2) is 0 Å². The van der Waals surface area contributed by atoms with Gasteiger partial charge in [-0.25, -0.2) is 14.2 Å². The van der Waals surface area contributed by atoms with E-state index in [1.165, 1.54) is 11.8 Å². The SMILES string of the molecule is Cc1cccc(CSc2ncc(F)cc2C(=O)O)c1. The van der Waals surface area contributed by atoms with Crippen LogP contribution in [0.2, 0.25) is 0 Å². The lowest BCUT2D eigenvalue weighted by Gasteiger charge is -2.05. The van der Waals surface area contributed by atoms with Gasteiger partial charge in [0.1, 0.15) is 10.8 Å². The number of benzene rings is 1. The molecular formula is C14H12FNO2S. The van der Waals surface area contributed by atoms with Crippen LogP contribution in [0, 0.1) is 12.7 Å². The average molecular weight is 277 g/mol. The lowest BCUT2D eigenvalue weighted by atomic mass is 10.2. The number of aromatic nitrogens is 1. The molecule has 0 atom stereocenters. The smallest absolute Gasteiger partial charge is 0.338 e. The van der Waals surface area contributed by atoms with Crippen molar-refractivity contribution < 1.29 is 14.3 Å². The molecule has 1 aromatic heterocycles. The minimum atomic E-state index is -1.17. The van der Waals surface area contributed by atoms with Crippen molar-refractivity contribution in [1.29, 1.82) is 0 Å². The van der Waals surface area contributed by atoms with E-state index < -0.39 is 11.8 Å². The van der Waals surface area contributed by atoms with Gasteiger partial charge >= 0.3 is 5.97 Å². The van der Waals surface area contributed by atoms with Crippen LogP contribution in [0.25, 0.3) is 0 Å². The first-order valence-corrected chi connectivity index (χ1v) is 6.62. The second kappa shape index (κ2) is 5.84. The lowest BCUT2D eigenvalue weighted by Crippen LogP contribution is -2.02. The molecule has 0 bridgehead atoms. The van der Waals surface area contributed by atoms with Crippen LogP contribution in [0.4, 0.5) is 4.39 Å². The number of pyridine rings is 1. The first-order valence-electron chi connectivity index (χ1n) is 5.63. The molecule has 1 heterocycles. The number of hydrogen-bond acceptors (Lipinski definition) is 3. The summed E-state index contributed by atoms with van der Waals surface area (Å²) >= 11 is 1.29. The summed E-state index contributed by atoms with van der Waals surface area (Å²) in [5.74, 6) is -1.21. The number of hydrogen-bond donors (Lipinski definition) is 1. The minimum absolute atomic E-state index is 0.0994. The Morgan fingerprint density at radius 2 is 2.21 bits per heavy atom. The first kappa shape index (κ1) is 13.5. The zero-order valence-corrected chi connectivity index (χ0v) is 11.1. The zero-order chi connectivity index (χ0) is 13.8. The number of carboxylic acids is 1. The Bertz CT molecular complexity index is 616. The number of carboxylic acid groups (broad SMARTS) is 1. The van der Waals surface area contributed by atoms with Gasteiger partial charge in [-0.1, -0.05) is 29.8 Å². The molecule has 2 rings (SSSR count). The Balaban J connectivity index is 2.17. The topological polar surface area (TPSA) is 50.2 Å². The molecule has 3 nitrogen and oxygen atoms in total. The number of thioether (sulfide) groups is 1. The molecule has 0 aliphatic carbocycles. The van der Waals surface area contributed by atoms with Crippen LogP contribution in [-0.4, -0.2) is 16.1 Å². The fraction of sp³-hybridized carbons (Fsp3) is 0.143. The van der Waals surface area contributed by atoms with Gasteiger partial charge in [-0.3, -0.25) is 0 Å². The van der Waals surface area contributed by atoms with Crippen LogP contribution in [0.15, 0.2) is 41.6 Å². The van der Waals surface area contributed by atoms with Crippen LogP contribution >= 0.6 is 11.8 Å². The van der Waals surface area contributed by atoms with Gasteiger partial charge in [-0.05, 0) is 18.6 Å². The minimum Gasteiger partial charge on any atom is -0.478 e. The Hall–Kier alpha value is -1.88.